The molecular formula is C19H18FNO3S. The number of rotatable bonds is 6. The van der Waals surface area contributed by atoms with E-state index in [0.29, 0.717) is 26.3 Å². The third-order valence-corrected chi connectivity index (χ3v) is 4.85. The van der Waals surface area contributed by atoms with Crippen LogP contribution in [0.1, 0.15) is 22.2 Å². The molecule has 25 heavy (non-hydrogen) atoms. The number of carbonyl (C=O) groups excluding carboxylic acids is 1. The van der Waals surface area contributed by atoms with E-state index in [1.165, 1.54) is 17.4 Å². The average Bonchev–Trinajstić information content (AvgIpc) is 2.99. The summed E-state index contributed by atoms with van der Waals surface area (Å²) in [6.07, 6.45) is -0.654. The first-order valence-electron chi connectivity index (χ1n) is 7.90. The number of hydrogen-bond acceptors (Lipinski definition) is 4. The molecule has 0 aliphatic carbocycles. The fourth-order valence-corrected chi connectivity index (χ4v) is 3.62. The van der Waals surface area contributed by atoms with Gasteiger partial charge in [-0.25, -0.2) is 4.39 Å². The Balaban J connectivity index is 1.95. The fourth-order valence-electron chi connectivity index (χ4n) is 2.48. The number of amides is 1. The van der Waals surface area contributed by atoms with Crippen LogP contribution >= 0.6 is 11.3 Å². The number of thiophene rings is 1. The predicted molar refractivity (Wildman–Crippen MR) is 96.6 cm³/mol. The summed E-state index contributed by atoms with van der Waals surface area (Å²) in [7, 11) is 0. The monoisotopic (exact) mass is 359 g/mol. The van der Waals surface area contributed by atoms with Crippen LogP contribution in [0, 0.1) is 5.82 Å². The van der Waals surface area contributed by atoms with Crippen molar-refractivity contribution in [3.05, 3.63) is 64.8 Å². The molecule has 0 spiro atoms. The van der Waals surface area contributed by atoms with E-state index in [9.17, 15) is 14.3 Å². The van der Waals surface area contributed by atoms with Gasteiger partial charge in [0, 0.05) is 22.2 Å². The minimum Gasteiger partial charge on any atom is -0.489 e. The molecule has 3 rings (SSSR count). The second-order valence-corrected chi connectivity index (χ2v) is 6.74. The molecule has 0 saturated heterocycles. The van der Waals surface area contributed by atoms with E-state index in [2.05, 4.69) is 5.32 Å². The first-order chi connectivity index (χ1) is 12.1. The Hall–Kier alpha value is -2.44. The molecule has 3 aromatic rings. The third kappa shape index (κ3) is 3.97. The van der Waals surface area contributed by atoms with Gasteiger partial charge in [-0.2, -0.15) is 0 Å². The van der Waals surface area contributed by atoms with Gasteiger partial charge in [0.05, 0.1) is 11.0 Å². The fraction of sp³-hybridized carbons (Fsp3) is 0.211. The van der Waals surface area contributed by atoms with Crippen LogP contribution in [0.15, 0.2) is 48.5 Å². The molecule has 1 aromatic heterocycles. The van der Waals surface area contributed by atoms with Gasteiger partial charge < -0.3 is 15.2 Å². The number of fused-ring (bicyclic) bond motifs is 1. The highest BCUT2D eigenvalue weighted by Crippen LogP contribution is 2.34. The molecular weight excluding hydrogens is 341 g/mol. The van der Waals surface area contributed by atoms with Crippen LogP contribution in [-0.2, 0) is 6.61 Å². The first-order valence-corrected chi connectivity index (χ1v) is 8.72. The zero-order valence-corrected chi connectivity index (χ0v) is 14.5. The van der Waals surface area contributed by atoms with E-state index in [-0.39, 0.29) is 24.9 Å². The van der Waals surface area contributed by atoms with Crippen molar-refractivity contribution in [1.29, 1.82) is 0 Å². The van der Waals surface area contributed by atoms with Crippen molar-refractivity contribution in [2.45, 2.75) is 19.6 Å². The van der Waals surface area contributed by atoms with Crippen molar-refractivity contribution < 1.29 is 19.0 Å². The lowest BCUT2D eigenvalue weighted by molar-refractivity contribution is 0.0926. The van der Waals surface area contributed by atoms with Gasteiger partial charge in [-0.1, -0.05) is 24.3 Å². The maximum absolute atomic E-state index is 14.3. The number of aliphatic hydroxyl groups excluding tert-OH is 1. The molecule has 1 atom stereocenters. The molecule has 0 fully saturated rings. The quantitative estimate of drug-likeness (QED) is 0.705. The first kappa shape index (κ1) is 17.4. The summed E-state index contributed by atoms with van der Waals surface area (Å²) >= 11 is 1.22. The van der Waals surface area contributed by atoms with E-state index < -0.39 is 6.10 Å². The number of hydrogen-bond donors (Lipinski definition) is 2. The van der Waals surface area contributed by atoms with E-state index in [0.717, 1.165) is 0 Å². The third-order valence-electron chi connectivity index (χ3n) is 3.65. The summed E-state index contributed by atoms with van der Waals surface area (Å²) < 4.78 is 20.8. The molecule has 0 aliphatic rings. The van der Waals surface area contributed by atoms with Crippen molar-refractivity contribution in [3.8, 4) is 5.75 Å². The molecule has 0 radical (unpaired) electrons. The summed E-state index contributed by atoms with van der Waals surface area (Å²) in [6.45, 7) is 1.81. The lowest BCUT2D eigenvalue weighted by Crippen LogP contribution is -2.30. The molecule has 1 unspecified atom stereocenters. The standard InChI is InChI=1S/C19H18FNO3S/c1-12(22)10-21-19(23)18-14(11-24-13-6-3-2-4-7-13)17-15(20)8-5-9-16(17)25-18/h2-9,12,22H,10-11H2,1H3,(H,21,23). The number of halogens is 1. The second kappa shape index (κ2) is 7.63. The Bertz CT molecular complexity index is 877. The SMILES string of the molecule is CC(O)CNC(=O)c1sc2cccc(F)c2c1COc1ccccc1. The van der Waals surface area contributed by atoms with E-state index in [1.54, 1.807) is 31.2 Å². The Morgan fingerprint density at radius 1 is 1.24 bits per heavy atom. The number of nitrogens with one attached hydrogen (secondary N) is 1. The van der Waals surface area contributed by atoms with Crippen molar-refractivity contribution in [1.82, 2.24) is 5.32 Å². The predicted octanol–water partition coefficient (Wildman–Crippen LogP) is 3.73. The van der Waals surface area contributed by atoms with Crippen LogP contribution in [0.5, 0.6) is 5.75 Å². The Morgan fingerprint density at radius 3 is 2.72 bits per heavy atom. The minimum absolute atomic E-state index is 0.0857. The Morgan fingerprint density at radius 2 is 2.00 bits per heavy atom. The summed E-state index contributed by atoms with van der Waals surface area (Å²) in [5.41, 5.74) is 0.519. The number of benzene rings is 2. The molecule has 130 valence electrons. The van der Waals surface area contributed by atoms with Gasteiger partial charge in [-0.05, 0) is 31.2 Å². The maximum atomic E-state index is 14.3. The number of carbonyl (C=O) groups is 1. The van der Waals surface area contributed by atoms with Crippen LogP contribution in [0.2, 0.25) is 0 Å². The van der Waals surface area contributed by atoms with E-state index in [1.807, 2.05) is 18.2 Å². The molecule has 1 heterocycles. The van der Waals surface area contributed by atoms with Gasteiger partial charge >= 0.3 is 0 Å². The summed E-state index contributed by atoms with van der Waals surface area (Å²) in [5, 5.41) is 12.4. The highest BCUT2D eigenvalue weighted by atomic mass is 32.1. The highest BCUT2D eigenvalue weighted by Gasteiger charge is 2.21. The van der Waals surface area contributed by atoms with Gasteiger partial charge in [0.25, 0.3) is 5.91 Å². The van der Waals surface area contributed by atoms with Gasteiger partial charge in [-0.3, -0.25) is 4.79 Å². The van der Waals surface area contributed by atoms with Crippen LogP contribution < -0.4 is 10.1 Å². The Kier molecular flexibility index (Phi) is 5.31. The van der Waals surface area contributed by atoms with Crippen LogP contribution in [0.25, 0.3) is 10.1 Å². The summed E-state index contributed by atoms with van der Waals surface area (Å²) in [6, 6.07) is 13.9. The van der Waals surface area contributed by atoms with Gasteiger partial charge in [0.15, 0.2) is 0 Å². The lowest BCUT2D eigenvalue weighted by Gasteiger charge is -2.10. The molecule has 2 N–H and O–H groups in total. The van der Waals surface area contributed by atoms with Gasteiger partial charge in [0.2, 0.25) is 0 Å². The van der Waals surface area contributed by atoms with Crippen molar-refractivity contribution in [3.63, 3.8) is 0 Å². The summed E-state index contributed by atoms with van der Waals surface area (Å²) in [4.78, 5) is 12.9. The lowest BCUT2D eigenvalue weighted by atomic mass is 10.1. The number of para-hydroxylation sites is 1. The van der Waals surface area contributed by atoms with Crippen LogP contribution in [0.3, 0.4) is 0 Å². The molecule has 0 saturated carbocycles. The molecule has 0 aliphatic heterocycles. The minimum atomic E-state index is -0.654. The van der Waals surface area contributed by atoms with Crippen molar-refractivity contribution in [2.75, 3.05) is 6.54 Å². The number of aliphatic hydroxyl groups is 1. The average molecular weight is 359 g/mol. The largest absolute Gasteiger partial charge is 0.489 e. The molecule has 2 aromatic carbocycles. The number of ether oxygens (including phenoxy) is 1. The van der Waals surface area contributed by atoms with Gasteiger partial charge in [0.1, 0.15) is 18.2 Å². The molecule has 1 amide bonds. The normalized spacial score (nSPS) is 12.1. The molecule has 4 nitrogen and oxygen atoms in total. The zero-order chi connectivity index (χ0) is 17.8. The van der Waals surface area contributed by atoms with E-state index >= 15 is 0 Å². The van der Waals surface area contributed by atoms with Crippen molar-refractivity contribution >= 4 is 27.3 Å². The van der Waals surface area contributed by atoms with Crippen LogP contribution in [-0.4, -0.2) is 23.7 Å². The molecule has 6 heteroatoms. The highest BCUT2D eigenvalue weighted by molar-refractivity contribution is 7.21. The zero-order valence-electron chi connectivity index (χ0n) is 13.7. The topological polar surface area (TPSA) is 58.6 Å². The molecule has 0 bridgehead atoms. The van der Waals surface area contributed by atoms with E-state index in [4.69, 9.17) is 4.74 Å². The second-order valence-electron chi connectivity index (χ2n) is 5.68. The Labute approximate surface area is 148 Å². The van der Waals surface area contributed by atoms with Crippen molar-refractivity contribution in [2.24, 2.45) is 0 Å². The van der Waals surface area contributed by atoms with Crippen LogP contribution in [0.4, 0.5) is 4.39 Å². The smallest absolute Gasteiger partial charge is 0.261 e. The van der Waals surface area contributed by atoms with Gasteiger partial charge in [-0.15, -0.1) is 11.3 Å². The maximum Gasteiger partial charge on any atom is 0.261 e. The summed E-state index contributed by atoms with van der Waals surface area (Å²) in [5.74, 6) is -0.0725.